The monoisotopic (exact) mass is 262 g/mol. The zero-order valence-electron chi connectivity index (χ0n) is 10.9. The van der Waals surface area contributed by atoms with Crippen LogP contribution in [0.2, 0.25) is 0 Å². The minimum Gasteiger partial charge on any atom is -0.284 e. The van der Waals surface area contributed by atoms with Crippen molar-refractivity contribution in [2.45, 2.75) is 46.8 Å². The molecule has 0 amide bonds. The molecule has 0 fully saturated rings. The van der Waals surface area contributed by atoms with Gasteiger partial charge in [-0.15, -0.1) is 0 Å². The normalized spacial score (nSPS) is 12.2. The van der Waals surface area contributed by atoms with Crippen LogP contribution >= 0.6 is 0 Å². The van der Waals surface area contributed by atoms with Crippen LogP contribution in [0.1, 0.15) is 42.0 Å². The van der Waals surface area contributed by atoms with Crippen molar-refractivity contribution in [1.82, 2.24) is 9.78 Å². The number of aryl methyl sites for hydroxylation is 2. The van der Waals surface area contributed by atoms with Gasteiger partial charge in [0.15, 0.2) is 0 Å². The Morgan fingerprint density at radius 2 is 1.89 bits per heavy atom. The standard InChI is InChI=1S/C12H17F3N2O/c1-7(2)5-6-17-9(4)10(8(3)16-17)11(18)12(13,14)15/h7H,5-6H2,1-4H3. The van der Waals surface area contributed by atoms with E-state index in [1.807, 2.05) is 13.8 Å². The van der Waals surface area contributed by atoms with Gasteiger partial charge in [-0.1, -0.05) is 13.8 Å². The van der Waals surface area contributed by atoms with E-state index in [-0.39, 0.29) is 17.0 Å². The summed E-state index contributed by atoms with van der Waals surface area (Å²) in [5.74, 6) is -1.39. The first-order chi connectivity index (χ1) is 8.14. The summed E-state index contributed by atoms with van der Waals surface area (Å²) in [4.78, 5) is 11.3. The molecule has 0 atom stereocenters. The Morgan fingerprint density at radius 3 is 2.33 bits per heavy atom. The topological polar surface area (TPSA) is 34.9 Å². The predicted octanol–water partition coefficient (Wildman–Crippen LogP) is 3.29. The third-order valence-corrected chi connectivity index (χ3v) is 2.78. The zero-order valence-corrected chi connectivity index (χ0v) is 10.9. The molecule has 0 N–H and O–H groups in total. The molecule has 0 radical (unpaired) electrons. The SMILES string of the molecule is Cc1nn(CCC(C)C)c(C)c1C(=O)C(F)(F)F. The molecule has 3 nitrogen and oxygen atoms in total. The van der Waals surface area contributed by atoms with Gasteiger partial charge < -0.3 is 0 Å². The van der Waals surface area contributed by atoms with Gasteiger partial charge in [-0.05, 0) is 26.2 Å². The number of halogens is 3. The number of rotatable bonds is 4. The van der Waals surface area contributed by atoms with Crippen LogP contribution in [0.25, 0.3) is 0 Å². The smallest absolute Gasteiger partial charge is 0.284 e. The van der Waals surface area contributed by atoms with Crippen LogP contribution in [0.15, 0.2) is 0 Å². The van der Waals surface area contributed by atoms with Crippen LogP contribution < -0.4 is 0 Å². The van der Waals surface area contributed by atoms with Crippen LogP contribution in [-0.4, -0.2) is 21.7 Å². The van der Waals surface area contributed by atoms with E-state index >= 15 is 0 Å². The number of Topliss-reactive ketones (excluding diaryl/α,β-unsaturated/α-hetero) is 1. The molecule has 0 aliphatic rings. The Hall–Kier alpha value is -1.33. The van der Waals surface area contributed by atoms with Crippen LogP contribution in [-0.2, 0) is 6.54 Å². The van der Waals surface area contributed by atoms with E-state index in [0.29, 0.717) is 12.5 Å². The lowest BCUT2D eigenvalue weighted by molar-refractivity contribution is -0.0886. The Labute approximate surface area is 104 Å². The summed E-state index contributed by atoms with van der Waals surface area (Å²) in [7, 11) is 0. The van der Waals surface area contributed by atoms with Crippen molar-refractivity contribution in [3.05, 3.63) is 17.0 Å². The number of alkyl halides is 3. The number of hydrogen-bond donors (Lipinski definition) is 0. The summed E-state index contributed by atoms with van der Waals surface area (Å²) >= 11 is 0. The maximum absolute atomic E-state index is 12.4. The van der Waals surface area contributed by atoms with E-state index in [2.05, 4.69) is 5.10 Å². The van der Waals surface area contributed by atoms with Gasteiger partial charge in [-0.3, -0.25) is 9.48 Å². The highest BCUT2D eigenvalue weighted by Crippen LogP contribution is 2.25. The summed E-state index contributed by atoms with van der Waals surface area (Å²) < 4.78 is 38.8. The Morgan fingerprint density at radius 1 is 1.33 bits per heavy atom. The van der Waals surface area contributed by atoms with E-state index in [0.717, 1.165) is 6.42 Å². The third-order valence-electron chi connectivity index (χ3n) is 2.78. The van der Waals surface area contributed by atoms with Crippen LogP contribution in [0, 0.1) is 19.8 Å². The highest BCUT2D eigenvalue weighted by molar-refractivity contribution is 6.02. The van der Waals surface area contributed by atoms with Crippen molar-refractivity contribution in [3.8, 4) is 0 Å². The summed E-state index contributed by atoms with van der Waals surface area (Å²) in [5, 5.41) is 4.01. The molecule has 18 heavy (non-hydrogen) atoms. The summed E-state index contributed by atoms with van der Waals surface area (Å²) in [6, 6.07) is 0. The molecule has 0 spiro atoms. The molecule has 0 saturated heterocycles. The molecule has 0 bridgehead atoms. The van der Waals surface area contributed by atoms with Gasteiger partial charge in [0, 0.05) is 12.2 Å². The Balaban J connectivity index is 3.05. The number of nitrogens with zero attached hydrogens (tertiary/aromatic N) is 2. The maximum atomic E-state index is 12.4. The molecule has 0 aliphatic carbocycles. The lowest BCUT2D eigenvalue weighted by Crippen LogP contribution is -2.24. The molecular formula is C12H17F3N2O. The number of hydrogen-bond acceptors (Lipinski definition) is 2. The zero-order chi connectivity index (χ0) is 14.1. The maximum Gasteiger partial charge on any atom is 0.455 e. The van der Waals surface area contributed by atoms with Crippen molar-refractivity contribution < 1.29 is 18.0 Å². The molecule has 1 heterocycles. The first-order valence-electron chi connectivity index (χ1n) is 5.80. The van der Waals surface area contributed by atoms with Gasteiger partial charge in [0.2, 0.25) is 0 Å². The summed E-state index contributed by atoms with van der Waals surface area (Å²) in [6.45, 7) is 7.49. The minimum absolute atomic E-state index is 0.138. The van der Waals surface area contributed by atoms with Crippen molar-refractivity contribution in [1.29, 1.82) is 0 Å². The van der Waals surface area contributed by atoms with Gasteiger partial charge in [0.1, 0.15) is 0 Å². The van der Waals surface area contributed by atoms with Gasteiger partial charge in [-0.2, -0.15) is 18.3 Å². The average Bonchev–Trinajstić information content (AvgIpc) is 2.48. The first kappa shape index (κ1) is 14.7. The van der Waals surface area contributed by atoms with E-state index in [1.165, 1.54) is 18.5 Å². The number of aromatic nitrogens is 2. The van der Waals surface area contributed by atoms with E-state index < -0.39 is 12.0 Å². The second kappa shape index (κ2) is 5.12. The molecular weight excluding hydrogens is 245 g/mol. The number of ketones is 1. The highest BCUT2D eigenvalue weighted by Gasteiger charge is 2.42. The molecule has 0 saturated carbocycles. The summed E-state index contributed by atoms with van der Waals surface area (Å²) in [6.07, 6.45) is -4.04. The van der Waals surface area contributed by atoms with E-state index in [1.54, 1.807) is 0 Å². The quantitative estimate of drug-likeness (QED) is 0.780. The number of carbonyl (C=O) groups excluding carboxylic acids is 1. The van der Waals surface area contributed by atoms with Crippen LogP contribution in [0.5, 0.6) is 0 Å². The Bertz CT molecular complexity index is 447. The van der Waals surface area contributed by atoms with Gasteiger partial charge in [0.25, 0.3) is 5.78 Å². The summed E-state index contributed by atoms with van der Waals surface area (Å²) in [5.41, 5.74) is 0.111. The lowest BCUT2D eigenvalue weighted by atomic mass is 10.1. The molecule has 102 valence electrons. The Kier molecular flexibility index (Phi) is 4.19. The fraction of sp³-hybridized carbons (Fsp3) is 0.667. The van der Waals surface area contributed by atoms with Crippen LogP contribution in [0.3, 0.4) is 0 Å². The molecule has 0 unspecified atom stereocenters. The second-order valence-electron chi connectivity index (χ2n) is 4.78. The fourth-order valence-corrected chi connectivity index (χ4v) is 1.77. The minimum atomic E-state index is -4.85. The largest absolute Gasteiger partial charge is 0.455 e. The molecule has 1 rings (SSSR count). The van der Waals surface area contributed by atoms with E-state index in [9.17, 15) is 18.0 Å². The average molecular weight is 262 g/mol. The highest BCUT2D eigenvalue weighted by atomic mass is 19.4. The third kappa shape index (κ3) is 3.11. The van der Waals surface area contributed by atoms with Gasteiger partial charge in [-0.25, -0.2) is 0 Å². The van der Waals surface area contributed by atoms with Gasteiger partial charge in [0.05, 0.1) is 11.3 Å². The first-order valence-corrected chi connectivity index (χ1v) is 5.80. The second-order valence-corrected chi connectivity index (χ2v) is 4.78. The molecule has 1 aromatic heterocycles. The van der Waals surface area contributed by atoms with Gasteiger partial charge >= 0.3 is 6.18 Å². The van der Waals surface area contributed by atoms with Crippen molar-refractivity contribution in [2.24, 2.45) is 5.92 Å². The predicted molar refractivity (Wildman–Crippen MR) is 61.5 cm³/mol. The molecule has 0 aliphatic heterocycles. The van der Waals surface area contributed by atoms with Crippen LogP contribution in [0.4, 0.5) is 13.2 Å². The fourth-order valence-electron chi connectivity index (χ4n) is 1.77. The molecule has 1 aromatic rings. The van der Waals surface area contributed by atoms with Crippen molar-refractivity contribution >= 4 is 5.78 Å². The van der Waals surface area contributed by atoms with Crippen molar-refractivity contribution in [2.75, 3.05) is 0 Å². The van der Waals surface area contributed by atoms with Crippen molar-refractivity contribution in [3.63, 3.8) is 0 Å². The molecule has 6 heteroatoms. The lowest BCUT2D eigenvalue weighted by Gasteiger charge is -2.08. The number of carbonyl (C=O) groups is 1. The van der Waals surface area contributed by atoms with E-state index in [4.69, 9.17) is 0 Å². The molecule has 0 aromatic carbocycles.